The van der Waals surface area contributed by atoms with Gasteiger partial charge in [-0.05, 0) is 0 Å². The average Bonchev–Trinajstić information content (AvgIpc) is 3.29. The van der Waals surface area contributed by atoms with Crippen molar-refractivity contribution in [3.63, 3.8) is 0 Å². The summed E-state index contributed by atoms with van der Waals surface area (Å²) in [7, 11) is 0. The second kappa shape index (κ2) is 9.78. The molecule has 0 bridgehead atoms. The van der Waals surface area contributed by atoms with Crippen molar-refractivity contribution in [2.45, 2.75) is 30.6 Å². The molecule has 0 aliphatic carbocycles. The van der Waals surface area contributed by atoms with Gasteiger partial charge in [-0.1, -0.05) is 0 Å². The Balaban J connectivity index is 1.65. The van der Waals surface area contributed by atoms with Gasteiger partial charge in [-0.3, -0.25) is 0 Å². The topological polar surface area (TPSA) is 104 Å². The zero-order chi connectivity index (χ0) is 24.4. The second-order valence-corrected chi connectivity index (χ2v) is 10.2. The Kier molecular flexibility index (Phi) is 6.40. The van der Waals surface area contributed by atoms with Gasteiger partial charge in [-0.25, -0.2) is 0 Å². The molecular weight excluding hydrogens is 501 g/mol. The van der Waals surface area contributed by atoms with Crippen LogP contribution in [0, 0.1) is 22.7 Å². The summed E-state index contributed by atoms with van der Waals surface area (Å²) in [6, 6.07) is 19.2. The second-order valence-electron chi connectivity index (χ2n) is 8.63. The van der Waals surface area contributed by atoms with E-state index in [0.29, 0.717) is 34.0 Å². The minimum absolute atomic E-state index is 0.238. The molecule has 3 heterocycles. The molecule has 1 fully saturated rings. The van der Waals surface area contributed by atoms with Gasteiger partial charge >= 0.3 is 212 Å². The fourth-order valence-corrected chi connectivity index (χ4v) is 5.34. The molecule has 1 aliphatic heterocycles. The quantitative estimate of drug-likeness (QED) is 0.373. The Morgan fingerprint density at radius 1 is 1.00 bits per heavy atom. The summed E-state index contributed by atoms with van der Waals surface area (Å²) < 4.78 is 3.90. The molecule has 0 N–H and O–H groups in total. The fourth-order valence-electron chi connectivity index (χ4n) is 4.54. The van der Waals surface area contributed by atoms with Crippen LogP contribution >= 0.6 is 0 Å². The van der Waals surface area contributed by atoms with E-state index in [-0.39, 0.29) is 17.6 Å². The van der Waals surface area contributed by atoms with Gasteiger partial charge in [0, 0.05) is 0 Å². The molecule has 172 valence electrons. The number of benzene rings is 2. The van der Waals surface area contributed by atoms with Crippen molar-refractivity contribution >= 4 is 34.0 Å². The number of nitrogens with zero attached hydrogens (tertiary/aromatic N) is 7. The number of hydrogen-bond acceptors (Lipinski definition) is 6. The summed E-state index contributed by atoms with van der Waals surface area (Å²) >= 11 is 2.72. The van der Waals surface area contributed by atoms with Crippen LogP contribution in [-0.4, -0.2) is 49.0 Å². The van der Waals surface area contributed by atoms with Gasteiger partial charge in [0.25, 0.3) is 0 Å². The van der Waals surface area contributed by atoms with Crippen LogP contribution < -0.4 is 10.5 Å². The van der Waals surface area contributed by atoms with Crippen LogP contribution in [0.25, 0.3) is 11.2 Å². The number of nitriles is 2. The average molecular weight is 523 g/mol. The Bertz CT molecular complexity index is 1540. The van der Waals surface area contributed by atoms with Gasteiger partial charge in [0.1, 0.15) is 0 Å². The van der Waals surface area contributed by atoms with Crippen molar-refractivity contribution in [2.24, 2.45) is 0 Å². The molecule has 4 aromatic rings. The molecule has 0 unspecified atom stereocenters. The van der Waals surface area contributed by atoms with Crippen molar-refractivity contribution in [2.75, 3.05) is 18.0 Å². The Labute approximate surface area is 211 Å². The van der Waals surface area contributed by atoms with Crippen molar-refractivity contribution in [3.05, 3.63) is 87.5 Å². The van der Waals surface area contributed by atoms with E-state index >= 15 is 0 Å². The molecule has 0 amide bonds. The molecule has 35 heavy (non-hydrogen) atoms. The van der Waals surface area contributed by atoms with Gasteiger partial charge in [0.05, 0.1) is 0 Å². The minimum atomic E-state index is -0.238. The fraction of sp³-hybridized carbons (Fsp3) is 0.269. The SMILES string of the molecule is N#Cc1ccccc1Cn1c(N2CCC[C@@H]([As])C2)nc2c(ncn2Cc2ccccc2C#N)c1=O. The van der Waals surface area contributed by atoms with Crippen LogP contribution in [0.1, 0.15) is 35.1 Å². The van der Waals surface area contributed by atoms with Crippen LogP contribution in [0.4, 0.5) is 5.95 Å². The monoisotopic (exact) mass is 523 g/mol. The number of fused-ring (bicyclic) bond motifs is 1. The van der Waals surface area contributed by atoms with Gasteiger partial charge in [-0.15, -0.1) is 0 Å². The molecule has 2 aromatic carbocycles. The maximum absolute atomic E-state index is 13.7. The number of aromatic nitrogens is 4. The van der Waals surface area contributed by atoms with Gasteiger partial charge in [0.2, 0.25) is 0 Å². The molecule has 5 rings (SSSR count). The number of anilines is 1. The van der Waals surface area contributed by atoms with Crippen LogP contribution in [0.2, 0.25) is 4.71 Å². The standard InChI is InChI=1S/C26H22AsN7O/c27-22-10-5-11-32(16-22)26-31-24-23(25(35)34(26)15-21-9-4-2-7-19(21)13-29)30-17-33(24)14-20-8-3-1-6-18(20)12-28/h1-4,6-9,17,22H,5,10-11,14-16H2/t22-/m1/s1. The first-order chi connectivity index (χ1) is 17.1. The molecule has 0 saturated carbocycles. The first kappa shape index (κ1) is 22.9. The first-order valence-corrected chi connectivity index (χ1v) is 12.5. The van der Waals surface area contributed by atoms with Crippen LogP contribution in [0.15, 0.2) is 59.7 Å². The molecule has 9 heteroatoms. The first-order valence-electron chi connectivity index (χ1n) is 11.4. The molecule has 0 spiro atoms. The van der Waals surface area contributed by atoms with Crippen molar-refractivity contribution in [3.8, 4) is 12.1 Å². The molecule has 2 radical (unpaired) electrons. The van der Waals surface area contributed by atoms with E-state index in [9.17, 15) is 15.3 Å². The van der Waals surface area contributed by atoms with E-state index in [0.717, 1.165) is 37.1 Å². The van der Waals surface area contributed by atoms with Crippen LogP contribution in [-0.2, 0) is 13.1 Å². The zero-order valence-electron chi connectivity index (χ0n) is 19.0. The van der Waals surface area contributed by atoms with E-state index in [1.54, 1.807) is 23.0 Å². The van der Waals surface area contributed by atoms with E-state index in [1.165, 1.54) is 0 Å². The van der Waals surface area contributed by atoms with Gasteiger partial charge < -0.3 is 0 Å². The maximum atomic E-state index is 13.7. The summed E-state index contributed by atoms with van der Waals surface area (Å²) in [6.45, 7) is 2.21. The van der Waals surface area contributed by atoms with E-state index < -0.39 is 0 Å². The Morgan fingerprint density at radius 2 is 1.66 bits per heavy atom. The molecular formula is C26H22AsN7O. The van der Waals surface area contributed by atoms with E-state index in [1.807, 2.05) is 41.0 Å². The summed E-state index contributed by atoms with van der Waals surface area (Å²) in [6.07, 6.45) is 3.74. The van der Waals surface area contributed by atoms with Crippen LogP contribution in [0.5, 0.6) is 0 Å². The Morgan fingerprint density at radius 3 is 2.31 bits per heavy atom. The number of piperidine rings is 1. The molecule has 1 aliphatic rings. The van der Waals surface area contributed by atoms with Crippen molar-refractivity contribution in [1.82, 2.24) is 19.1 Å². The Hall–Kier alpha value is -3.87. The summed E-state index contributed by atoms with van der Waals surface area (Å²) in [5.41, 5.74) is 3.26. The normalized spacial score (nSPS) is 15.6. The zero-order valence-corrected chi connectivity index (χ0v) is 20.9. The molecule has 1 saturated heterocycles. The molecule has 1 atom stereocenters. The predicted molar refractivity (Wildman–Crippen MR) is 133 cm³/mol. The summed E-state index contributed by atoms with van der Waals surface area (Å²) in [5, 5.41) is 19.1. The number of hydrogen-bond donors (Lipinski definition) is 0. The number of imidazole rings is 1. The third-order valence-electron chi connectivity index (χ3n) is 6.33. The molecule has 2 aromatic heterocycles. The van der Waals surface area contributed by atoms with Gasteiger partial charge in [-0.2, -0.15) is 0 Å². The van der Waals surface area contributed by atoms with E-state index in [4.69, 9.17) is 4.98 Å². The van der Waals surface area contributed by atoms with Crippen molar-refractivity contribution < 1.29 is 0 Å². The molecule has 8 nitrogen and oxygen atoms in total. The predicted octanol–water partition coefficient (Wildman–Crippen LogP) is 2.99. The third-order valence-corrected chi connectivity index (χ3v) is 7.21. The summed E-state index contributed by atoms with van der Waals surface area (Å²) in [4.78, 5) is 25.3. The van der Waals surface area contributed by atoms with Crippen molar-refractivity contribution in [1.29, 1.82) is 10.5 Å². The summed E-state index contributed by atoms with van der Waals surface area (Å²) in [5.74, 6) is 0.585. The van der Waals surface area contributed by atoms with Gasteiger partial charge in [0.15, 0.2) is 0 Å². The van der Waals surface area contributed by atoms with Crippen LogP contribution in [0.3, 0.4) is 0 Å². The third kappa shape index (κ3) is 4.46. The number of rotatable bonds is 5. The van der Waals surface area contributed by atoms with E-state index in [2.05, 4.69) is 38.9 Å².